The standard InChI is InChI=1S/C18H18F3N3O4/c19-18(20,21)13-3-1-2-4-15(13)24-10-14(22-23-24)16(25)28-12-5-7-27-17(9-12)6-8-26-11-17/h1-4,10,12H,5-9,11H2. The normalized spacial score (nSPS) is 25.2. The molecule has 0 amide bonds. The third-order valence-corrected chi connectivity index (χ3v) is 4.95. The molecule has 2 saturated heterocycles. The molecule has 150 valence electrons. The van der Waals surface area contributed by atoms with E-state index in [1.165, 1.54) is 18.2 Å². The van der Waals surface area contributed by atoms with Gasteiger partial charge in [0.2, 0.25) is 0 Å². The second kappa shape index (κ2) is 7.17. The molecule has 0 saturated carbocycles. The SMILES string of the molecule is O=C(OC1CCOC2(CCOC2)C1)c1cn(-c2ccccc2C(F)(F)F)nn1. The Balaban J connectivity index is 1.48. The highest BCUT2D eigenvalue weighted by Gasteiger charge is 2.42. The molecule has 1 spiro atoms. The summed E-state index contributed by atoms with van der Waals surface area (Å²) < 4.78 is 57.1. The number of aromatic nitrogens is 3. The second-order valence-electron chi connectivity index (χ2n) is 6.92. The lowest BCUT2D eigenvalue weighted by Crippen LogP contribution is -2.43. The highest BCUT2D eigenvalue weighted by molar-refractivity contribution is 5.87. The molecule has 3 heterocycles. The van der Waals surface area contributed by atoms with Crippen molar-refractivity contribution in [2.45, 2.75) is 37.1 Å². The highest BCUT2D eigenvalue weighted by Crippen LogP contribution is 2.35. The van der Waals surface area contributed by atoms with Crippen molar-refractivity contribution in [1.82, 2.24) is 15.0 Å². The van der Waals surface area contributed by atoms with E-state index in [0.29, 0.717) is 32.7 Å². The van der Waals surface area contributed by atoms with Gasteiger partial charge in [-0.25, -0.2) is 9.48 Å². The summed E-state index contributed by atoms with van der Waals surface area (Å²) in [7, 11) is 0. The summed E-state index contributed by atoms with van der Waals surface area (Å²) in [6, 6.07) is 4.94. The lowest BCUT2D eigenvalue weighted by Gasteiger charge is -2.36. The largest absolute Gasteiger partial charge is 0.457 e. The number of carbonyl (C=O) groups excluding carboxylic acids is 1. The van der Waals surface area contributed by atoms with Gasteiger partial charge in [0, 0.05) is 25.9 Å². The summed E-state index contributed by atoms with van der Waals surface area (Å²) in [6.45, 7) is 1.52. The van der Waals surface area contributed by atoms with Gasteiger partial charge in [-0.15, -0.1) is 5.10 Å². The van der Waals surface area contributed by atoms with Crippen molar-refractivity contribution in [3.8, 4) is 5.69 Å². The summed E-state index contributed by atoms with van der Waals surface area (Å²) >= 11 is 0. The highest BCUT2D eigenvalue weighted by atomic mass is 19.4. The van der Waals surface area contributed by atoms with Gasteiger partial charge in [-0.05, 0) is 12.1 Å². The van der Waals surface area contributed by atoms with Gasteiger partial charge in [0.15, 0.2) is 5.69 Å². The number of nitrogens with zero attached hydrogens (tertiary/aromatic N) is 3. The van der Waals surface area contributed by atoms with Crippen molar-refractivity contribution in [3.63, 3.8) is 0 Å². The number of halogens is 3. The zero-order chi connectivity index (χ0) is 19.8. The molecule has 1 aromatic heterocycles. The number of carbonyl (C=O) groups is 1. The Bertz CT molecular complexity index is 862. The smallest absolute Gasteiger partial charge is 0.418 e. The summed E-state index contributed by atoms with van der Waals surface area (Å²) in [5.41, 5.74) is -1.66. The monoisotopic (exact) mass is 397 g/mol. The van der Waals surface area contributed by atoms with Crippen molar-refractivity contribution in [2.75, 3.05) is 19.8 Å². The number of rotatable bonds is 3. The van der Waals surface area contributed by atoms with Gasteiger partial charge in [-0.2, -0.15) is 13.2 Å². The Morgan fingerprint density at radius 3 is 2.86 bits per heavy atom. The van der Waals surface area contributed by atoms with Crippen molar-refractivity contribution in [2.24, 2.45) is 0 Å². The van der Waals surface area contributed by atoms with Crippen molar-refractivity contribution >= 4 is 5.97 Å². The third kappa shape index (κ3) is 3.74. The van der Waals surface area contributed by atoms with Crippen LogP contribution in [0.4, 0.5) is 13.2 Å². The summed E-state index contributed by atoms with van der Waals surface area (Å²) in [6.07, 6.45) is -1.98. The van der Waals surface area contributed by atoms with E-state index in [2.05, 4.69) is 10.3 Å². The average Bonchev–Trinajstić information content (AvgIpc) is 3.31. The van der Waals surface area contributed by atoms with Crippen LogP contribution in [0.3, 0.4) is 0 Å². The molecule has 7 nitrogen and oxygen atoms in total. The molecule has 0 radical (unpaired) electrons. The molecule has 0 bridgehead atoms. The number of esters is 1. The van der Waals surface area contributed by atoms with Crippen LogP contribution in [0.15, 0.2) is 30.5 Å². The Morgan fingerprint density at radius 1 is 1.29 bits per heavy atom. The number of benzene rings is 1. The average molecular weight is 397 g/mol. The van der Waals surface area contributed by atoms with Crippen molar-refractivity contribution in [3.05, 3.63) is 41.7 Å². The lowest BCUT2D eigenvalue weighted by atomic mass is 9.91. The number of hydrogen-bond acceptors (Lipinski definition) is 6. The molecular weight excluding hydrogens is 379 g/mol. The Hall–Kier alpha value is -2.46. The first kappa shape index (κ1) is 18.9. The Labute approximate surface area is 158 Å². The van der Waals surface area contributed by atoms with Crippen LogP contribution in [-0.2, 0) is 20.4 Å². The molecule has 2 fully saturated rings. The van der Waals surface area contributed by atoms with Crippen LogP contribution < -0.4 is 0 Å². The van der Waals surface area contributed by atoms with E-state index < -0.39 is 23.3 Å². The molecule has 2 unspecified atom stereocenters. The Kier molecular flexibility index (Phi) is 4.84. The van der Waals surface area contributed by atoms with E-state index >= 15 is 0 Å². The number of ether oxygens (including phenoxy) is 3. The first-order valence-corrected chi connectivity index (χ1v) is 8.88. The fourth-order valence-corrected chi connectivity index (χ4v) is 3.55. The summed E-state index contributed by atoms with van der Waals surface area (Å²) in [5, 5.41) is 7.35. The van der Waals surface area contributed by atoms with Gasteiger partial charge in [0.25, 0.3) is 0 Å². The van der Waals surface area contributed by atoms with Crippen LogP contribution in [0, 0.1) is 0 Å². The minimum atomic E-state index is -4.55. The molecule has 2 aliphatic heterocycles. The predicted octanol–water partition coefficient (Wildman–Crippen LogP) is 2.78. The van der Waals surface area contributed by atoms with Crippen LogP contribution in [0.25, 0.3) is 5.69 Å². The van der Waals surface area contributed by atoms with Crippen LogP contribution in [0.2, 0.25) is 0 Å². The van der Waals surface area contributed by atoms with E-state index in [4.69, 9.17) is 14.2 Å². The van der Waals surface area contributed by atoms with Gasteiger partial charge in [0.05, 0.1) is 36.3 Å². The van der Waals surface area contributed by atoms with Gasteiger partial charge >= 0.3 is 12.1 Å². The minimum absolute atomic E-state index is 0.153. The van der Waals surface area contributed by atoms with Gasteiger partial charge < -0.3 is 14.2 Å². The first-order valence-electron chi connectivity index (χ1n) is 8.88. The molecule has 2 aliphatic rings. The fourth-order valence-electron chi connectivity index (χ4n) is 3.55. The van der Waals surface area contributed by atoms with E-state index in [0.717, 1.165) is 23.4 Å². The second-order valence-corrected chi connectivity index (χ2v) is 6.92. The quantitative estimate of drug-likeness (QED) is 0.742. The summed E-state index contributed by atoms with van der Waals surface area (Å²) in [5.74, 6) is -0.725. The number of hydrogen-bond donors (Lipinski definition) is 0. The van der Waals surface area contributed by atoms with Crippen molar-refractivity contribution in [1.29, 1.82) is 0 Å². The predicted molar refractivity (Wildman–Crippen MR) is 88.9 cm³/mol. The molecule has 0 aliphatic carbocycles. The molecular formula is C18H18F3N3O4. The topological polar surface area (TPSA) is 75.5 Å². The minimum Gasteiger partial charge on any atom is -0.457 e. The van der Waals surface area contributed by atoms with E-state index in [1.807, 2.05) is 0 Å². The van der Waals surface area contributed by atoms with Gasteiger partial charge in [-0.1, -0.05) is 17.3 Å². The van der Waals surface area contributed by atoms with Crippen LogP contribution in [0.1, 0.15) is 35.3 Å². The molecule has 2 aromatic rings. The lowest BCUT2D eigenvalue weighted by molar-refractivity contribution is -0.137. The van der Waals surface area contributed by atoms with Gasteiger partial charge in [-0.3, -0.25) is 0 Å². The molecule has 1 aromatic carbocycles. The van der Waals surface area contributed by atoms with E-state index in [9.17, 15) is 18.0 Å². The van der Waals surface area contributed by atoms with Gasteiger partial charge in [0.1, 0.15) is 6.10 Å². The fraction of sp³-hybridized carbons (Fsp3) is 0.500. The maximum atomic E-state index is 13.2. The maximum Gasteiger partial charge on any atom is 0.418 e. The van der Waals surface area contributed by atoms with Crippen LogP contribution in [0.5, 0.6) is 0 Å². The maximum absolute atomic E-state index is 13.2. The summed E-state index contributed by atoms with van der Waals surface area (Å²) in [4.78, 5) is 12.4. The zero-order valence-corrected chi connectivity index (χ0v) is 14.8. The Morgan fingerprint density at radius 2 is 2.11 bits per heavy atom. The third-order valence-electron chi connectivity index (χ3n) is 4.95. The van der Waals surface area contributed by atoms with Crippen molar-refractivity contribution < 1.29 is 32.2 Å². The van der Waals surface area contributed by atoms with Crippen LogP contribution >= 0.6 is 0 Å². The zero-order valence-electron chi connectivity index (χ0n) is 14.8. The van der Waals surface area contributed by atoms with E-state index in [-0.39, 0.29) is 17.5 Å². The molecule has 4 rings (SSSR count). The molecule has 0 N–H and O–H groups in total. The number of alkyl halides is 3. The first-order chi connectivity index (χ1) is 13.4. The number of para-hydroxylation sites is 1. The molecule has 2 atom stereocenters. The molecule has 10 heteroatoms. The van der Waals surface area contributed by atoms with E-state index in [1.54, 1.807) is 0 Å². The molecule has 28 heavy (non-hydrogen) atoms. The van der Waals surface area contributed by atoms with Crippen LogP contribution in [-0.4, -0.2) is 52.5 Å².